The molecule has 142 valence electrons. The van der Waals surface area contributed by atoms with E-state index in [-0.39, 0.29) is 5.91 Å². The van der Waals surface area contributed by atoms with Crippen molar-refractivity contribution < 1.29 is 13.2 Å². The third-order valence-corrected chi connectivity index (χ3v) is 6.18. The molecule has 9 heteroatoms. The third kappa shape index (κ3) is 3.10. The summed E-state index contributed by atoms with van der Waals surface area (Å²) in [5.74, 6) is -0.147. The SMILES string of the molecule is CNC1(C)C(=O)N(C)N=C1c1ccc(S(C)(=O)=O)c(N2CCNCC2)c1. The summed E-state index contributed by atoms with van der Waals surface area (Å²) in [4.78, 5) is 14.9. The number of rotatable bonds is 4. The minimum absolute atomic E-state index is 0.147. The van der Waals surface area contributed by atoms with Gasteiger partial charge in [0, 0.05) is 45.0 Å². The zero-order valence-corrected chi connectivity index (χ0v) is 16.4. The molecule has 0 saturated carbocycles. The minimum atomic E-state index is -3.37. The van der Waals surface area contributed by atoms with Crippen LogP contribution in [0.15, 0.2) is 28.2 Å². The number of amides is 1. The second-order valence-corrected chi connectivity index (χ2v) is 8.83. The zero-order chi connectivity index (χ0) is 19.1. The van der Waals surface area contributed by atoms with Gasteiger partial charge in [-0.15, -0.1) is 0 Å². The summed E-state index contributed by atoms with van der Waals surface area (Å²) in [6.07, 6.45) is 1.22. The van der Waals surface area contributed by atoms with Crippen molar-refractivity contribution in [2.45, 2.75) is 17.4 Å². The topological polar surface area (TPSA) is 94.1 Å². The van der Waals surface area contributed by atoms with Crippen LogP contribution in [0.5, 0.6) is 0 Å². The number of nitrogens with one attached hydrogen (secondary N) is 2. The van der Waals surface area contributed by atoms with Crippen LogP contribution in [-0.2, 0) is 14.6 Å². The molecule has 8 nitrogen and oxygen atoms in total. The first-order valence-corrected chi connectivity index (χ1v) is 10.4. The molecule has 1 aromatic carbocycles. The van der Waals surface area contributed by atoms with E-state index in [4.69, 9.17) is 0 Å². The van der Waals surface area contributed by atoms with Crippen molar-refractivity contribution in [1.29, 1.82) is 0 Å². The van der Waals surface area contributed by atoms with Gasteiger partial charge in [0.05, 0.1) is 16.3 Å². The lowest BCUT2D eigenvalue weighted by atomic mass is 9.90. The molecule has 2 N–H and O–H groups in total. The summed E-state index contributed by atoms with van der Waals surface area (Å²) in [7, 11) is -0.0389. The maximum atomic E-state index is 12.5. The molecule has 1 atom stereocenters. The lowest BCUT2D eigenvalue weighted by Gasteiger charge is -2.31. The Morgan fingerprint density at radius 1 is 1.27 bits per heavy atom. The lowest BCUT2D eigenvalue weighted by Crippen LogP contribution is -2.53. The normalized spacial score (nSPS) is 24.2. The molecule has 0 radical (unpaired) electrons. The molecule has 1 unspecified atom stereocenters. The Morgan fingerprint density at radius 3 is 2.50 bits per heavy atom. The molecule has 0 aliphatic carbocycles. The molecule has 1 fully saturated rings. The summed E-state index contributed by atoms with van der Waals surface area (Å²) >= 11 is 0. The Kier molecular flexibility index (Phi) is 4.80. The Hall–Kier alpha value is -1.97. The van der Waals surface area contributed by atoms with Gasteiger partial charge in [-0.1, -0.05) is 6.07 Å². The molecule has 2 heterocycles. The van der Waals surface area contributed by atoms with Gasteiger partial charge >= 0.3 is 0 Å². The highest BCUT2D eigenvalue weighted by Crippen LogP contribution is 2.31. The van der Waals surface area contributed by atoms with Crippen molar-refractivity contribution >= 4 is 27.1 Å². The fraction of sp³-hybridized carbons (Fsp3) is 0.529. The van der Waals surface area contributed by atoms with Crippen molar-refractivity contribution in [2.75, 3.05) is 51.4 Å². The quantitative estimate of drug-likeness (QED) is 0.743. The number of carbonyl (C=O) groups excluding carboxylic acids is 1. The molecule has 0 aromatic heterocycles. The summed E-state index contributed by atoms with van der Waals surface area (Å²) in [5.41, 5.74) is 1.04. The number of anilines is 1. The van der Waals surface area contributed by atoms with Gasteiger partial charge in [0.15, 0.2) is 9.84 Å². The van der Waals surface area contributed by atoms with E-state index < -0.39 is 15.4 Å². The number of hydrogen-bond acceptors (Lipinski definition) is 7. The first kappa shape index (κ1) is 18.8. The second kappa shape index (κ2) is 6.64. The summed E-state index contributed by atoms with van der Waals surface area (Å²) in [6.45, 7) is 4.82. The van der Waals surface area contributed by atoms with Crippen LogP contribution in [0.3, 0.4) is 0 Å². The van der Waals surface area contributed by atoms with Crippen molar-refractivity contribution in [1.82, 2.24) is 15.6 Å². The van der Waals surface area contributed by atoms with E-state index in [1.54, 1.807) is 33.2 Å². The maximum absolute atomic E-state index is 12.5. The molecule has 0 spiro atoms. The molecule has 0 bridgehead atoms. The zero-order valence-electron chi connectivity index (χ0n) is 15.5. The Bertz CT molecular complexity index is 861. The van der Waals surface area contributed by atoms with Crippen LogP contribution in [0, 0.1) is 0 Å². The van der Waals surface area contributed by atoms with Crippen LogP contribution in [-0.4, -0.2) is 77.1 Å². The average Bonchev–Trinajstić information content (AvgIpc) is 2.86. The smallest absolute Gasteiger partial charge is 0.268 e. The summed E-state index contributed by atoms with van der Waals surface area (Å²) in [5, 5.41) is 12.0. The first-order chi connectivity index (χ1) is 12.2. The van der Waals surface area contributed by atoms with Crippen LogP contribution in [0.1, 0.15) is 12.5 Å². The fourth-order valence-corrected chi connectivity index (χ4v) is 4.31. The summed E-state index contributed by atoms with van der Waals surface area (Å²) < 4.78 is 24.5. The van der Waals surface area contributed by atoms with Crippen LogP contribution in [0.2, 0.25) is 0 Å². The number of piperazine rings is 1. The van der Waals surface area contributed by atoms with Crippen molar-refractivity contribution in [3.05, 3.63) is 23.8 Å². The Balaban J connectivity index is 2.13. The largest absolute Gasteiger partial charge is 0.368 e. The average molecular weight is 379 g/mol. The van der Waals surface area contributed by atoms with E-state index in [0.717, 1.165) is 31.7 Å². The highest BCUT2D eigenvalue weighted by atomic mass is 32.2. The molecule has 3 rings (SSSR count). The van der Waals surface area contributed by atoms with Crippen LogP contribution >= 0.6 is 0 Å². The van der Waals surface area contributed by atoms with E-state index >= 15 is 0 Å². The third-order valence-electron chi connectivity index (χ3n) is 5.03. The highest BCUT2D eigenvalue weighted by molar-refractivity contribution is 7.90. The standard InChI is InChI=1S/C17H25N5O3S/c1-17(18-2)15(20-21(3)16(17)23)12-5-6-14(26(4,24)25)13(11-12)22-9-7-19-8-10-22/h5-6,11,18-19H,7-10H2,1-4H3. The maximum Gasteiger partial charge on any atom is 0.268 e. The van der Waals surface area contributed by atoms with Crippen LogP contribution in [0.25, 0.3) is 0 Å². The molecule has 1 saturated heterocycles. The predicted octanol–water partition coefficient (Wildman–Crippen LogP) is -0.346. The Morgan fingerprint density at radius 2 is 1.92 bits per heavy atom. The van der Waals surface area contributed by atoms with Gasteiger partial charge in [-0.25, -0.2) is 13.4 Å². The van der Waals surface area contributed by atoms with Gasteiger partial charge in [0.25, 0.3) is 5.91 Å². The monoisotopic (exact) mass is 379 g/mol. The number of carbonyl (C=O) groups is 1. The molecule has 2 aliphatic heterocycles. The van der Waals surface area contributed by atoms with Gasteiger partial charge < -0.3 is 15.5 Å². The number of likely N-dealkylation sites (N-methyl/N-ethyl adjacent to an activating group) is 2. The van der Waals surface area contributed by atoms with Crippen molar-refractivity contribution in [3.63, 3.8) is 0 Å². The van der Waals surface area contributed by atoms with Crippen molar-refractivity contribution in [2.24, 2.45) is 5.10 Å². The van der Waals surface area contributed by atoms with Gasteiger partial charge in [0.1, 0.15) is 5.54 Å². The van der Waals surface area contributed by atoms with E-state index in [1.165, 1.54) is 11.3 Å². The van der Waals surface area contributed by atoms with E-state index in [1.807, 2.05) is 6.07 Å². The van der Waals surface area contributed by atoms with E-state index in [0.29, 0.717) is 16.3 Å². The number of benzene rings is 1. The van der Waals surface area contributed by atoms with E-state index in [9.17, 15) is 13.2 Å². The minimum Gasteiger partial charge on any atom is -0.368 e. The van der Waals surface area contributed by atoms with Crippen molar-refractivity contribution in [3.8, 4) is 0 Å². The van der Waals surface area contributed by atoms with E-state index in [2.05, 4.69) is 20.6 Å². The van der Waals surface area contributed by atoms with Crippen LogP contribution in [0.4, 0.5) is 5.69 Å². The van der Waals surface area contributed by atoms with Crippen LogP contribution < -0.4 is 15.5 Å². The molecule has 2 aliphatic rings. The predicted molar refractivity (Wildman–Crippen MR) is 101 cm³/mol. The van der Waals surface area contributed by atoms with Gasteiger partial charge in [-0.05, 0) is 26.1 Å². The summed E-state index contributed by atoms with van der Waals surface area (Å²) in [6, 6.07) is 5.18. The number of hydrogen-bond donors (Lipinski definition) is 2. The lowest BCUT2D eigenvalue weighted by molar-refractivity contribution is -0.131. The number of sulfone groups is 1. The molecular weight excluding hydrogens is 354 g/mol. The van der Waals surface area contributed by atoms with Gasteiger partial charge in [-0.3, -0.25) is 4.79 Å². The molecule has 1 aromatic rings. The molecule has 1 amide bonds. The Labute approximate surface area is 154 Å². The molecular formula is C17H25N5O3S. The second-order valence-electron chi connectivity index (χ2n) is 6.84. The number of nitrogens with zero attached hydrogens (tertiary/aromatic N) is 3. The van der Waals surface area contributed by atoms with Gasteiger partial charge in [-0.2, -0.15) is 5.10 Å². The first-order valence-electron chi connectivity index (χ1n) is 8.55. The highest BCUT2D eigenvalue weighted by Gasteiger charge is 2.45. The fourth-order valence-electron chi connectivity index (χ4n) is 3.42. The molecule has 26 heavy (non-hydrogen) atoms. The van der Waals surface area contributed by atoms with Gasteiger partial charge in [0.2, 0.25) is 0 Å². The number of hydrazone groups is 1.